The SMILES string of the molecule is CCC(C(C)C)P(=O)(OC1CC1)SCCOC(=O)C(C)(C)CCN1CCN(C)CC1. The van der Waals surface area contributed by atoms with Crippen molar-refractivity contribution < 1.29 is 18.6 Å². The number of likely N-dealkylation sites (N-methyl/N-ethyl adjacent to an activating group) is 1. The van der Waals surface area contributed by atoms with E-state index in [1.54, 1.807) is 0 Å². The van der Waals surface area contributed by atoms with Crippen LogP contribution in [0.2, 0.25) is 0 Å². The number of ether oxygens (including phenoxy) is 1. The Hall–Kier alpha value is -0.0700. The van der Waals surface area contributed by atoms with Gasteiger partial charge < -0.3 is 19.1 Å². The highest BCUT2D eigenvalue weighted by atomic mass is 32.7. The first-order chi connectivity index (χ1) is 14.1. The molecule has 2 fully saturated rings. The van der Waals surface area contributed by atoms with Crippen LogP contribution in [0.3, 0.4) is 0 Å². The van der Waals surface area contributed by atoms with Gasteiger partial charge in [0.1, 0.15) is 6.61 Å². The van der Waals surface area contributed by atoms with E-state index in [2.05, 4.69) is 37.6 Å². The zero-order valence-electron chi connectivity index (χ0n) is 19.9. The molecule has 1 aliphatic heterocycles. The zero-order valence-corrected chi connectivity index (χ0v) is 21.6. The summed E-state index contributed by atoms with van der Waals surface area (Å²) in [5, 5.41) is 0. The van der Waals surface area contributed by atoms with Crippen molar-refractivity contribution in [2.45, 2.75) is 72.1 Å². The lowest BCUT2D eigenvalue weighted by Gasteiger charge is -2.34. The van der Waals surface area contributed by atoms with Gasteiger partial charge in [0, 0.05) is 37.6 Å². The van der Waals surface area contributed by atoms with Crippen molar-refractivity contribution in [1.82, 2.24) is 9.80 Å². The number of piperazine rings is 1. The molecule has 6 nitrogen and oxygen atoms in total. The van der Waals surface area contributed by atoms with E-state index in [1.807, 2.05) is 13.8 Å². The summed E-state index contributed by atoms with van der Waals surface area (Å²) in [6, 6.07) is 0. The summed E-state index contributed by atoms with van der Waals surface area (Å²) >= 11 is 1.39. The van der Waals surface area contributed by atoms with Crippen LogP contribution < -0.4 is 0 Å². The molecular weight excluding hydrogens is 419 g/mol. The molecule has 0 aromatic carbocycles. The Morgan fingerprint density at radius 2 is 1.83 bits per heavy atom. The summed E-state index contributed by atoms with van der Waals surface area (Å²) in [5.74, 6) is 0.669. The highest BCUT2D eigenvalue weighted by molar-refractivity contribution is 8.56. The first-order valence-electron chi connectivity index (χ1n) is 11.6. The summed E-state index contributed by atoms with van der Waals surface area (Å²) in [4.78, 5) is 17.4. The largest absolute Gasteiger partial charge is 0.464 e. The Morgan fingerprint density at radius 1 is 1.20 bits per heavy atom. The van der Waals surface area contributed by atoms with Gasteiger partial charge in [-0.3, -0.25) is 9.36 Å². The molecule has 1 heterocycles. The molecule has 0 radical (unpaired) electrons. The van der Waals surface area contributed by atoms with Crippen LogP contribution in [0, 0.1) is 11.3 Å². The lowest BCUT2D eigenvalue weighted by atomic mass is 9.89. The Labute approximate surface area is 188 Å². The molecule has 30 heavy (non-hydrogen) atoms. The molecule has 0 spiro atoms. The van der Waals surface area contributed by atoms with Gasteiger partial charge in [0.25, 0.3) is 6.57 Å². The first-order valence-corrected chi connectivity index (χ1v) is 14.9. The van der Waals surface area contributed by atoms with Gasteiger partial charge in [0.2, 0.25) is 0 Å². The van der Waals surface area contributed by atoms with E-state index in [9.17, 15) is 9.36 Å². The number of rotatable bonds is 13. The predicted octanol–water partition coefficient (Wildman–Crippen LogP) is 4.73. The Bertz CT molecular complexity index is 590. The second kappa shape index (κ2) is 11.7. The molecule has 0 aromatic rings. The maximum Gasteiger partial charge on any atom is 0.311 e. The topological polar surface area (TPSA) is 59.1 Å². The molecule has 1 saturated carbocycles. The Morgan fingerprint density at radius 3 is 2.37 bits per heavy atom. The van der Waals surface area contributed by atoms with E-state index < -0.39 is 12.0 Å². The molecule has 8 heteroatoms. The molecule has 1 saturated heterocycles. The summed E-state index contributed by atoms with van der Waals surface area (Å²) < 4.78 is 25.2. The lowest BCUT2D eigenvalue weighted by Crippen LogP contribution is -2.45. The fourth-order valence-electron chi connectivity index (χ4n) is 3.75. The van der Waals surface area contributed by atoms with E-state index in [4.69, 9.17) is 9.26 Å². The van der Waals surface area contributed by atoms with Crippen molar-refractivity contribution >= 4 is 23.9 Å². The third kappa shape index (κ3) is 8.12. The van der Waals surface area contributed by atoms with Crippen LogP contribution >= 0.6 is 18.0 Å². The fourth-order valence-corrected chi connectivity index (χ4v) is 9.66. The van der Waals surface area contributed by atoms with E-state index >= 15 is 0 Å². The third-order valence-electron chi connectivity index (χ3n) is 6.20. The number of carbonyl (C=O) groups excluding carboxylic acids is 1. The van der Waals surface area contributed by atoms with E-state index in [1.165, 1.54) is 11.4 Å². The first kappa shape index (κ1) is 26.2. The van der Waals surface area contributed by atoms with Crippen molar-refractivity contribution in [1.29, 1.82) is 0 Å². The van der Waals surface area contributed by atoms with Crippen LogP contribution in [-0.2, 0) is 18.6 Å². The minimum absolute atomic E-state index is 0.0545. The highest BCUT2D eigenvalue weighted by Gasteiger charge is 2.41. The van der Waals surface area contributed by atoms with Gasteiger partial charge in [-0.15, -0.1) is 0 Å². The van der Waals surface area contributed by atoms with Gasteiger partial charge in [0.15, 0.2) is 0 Å². The molecule has 0 N–H and O–H groups in total. The molecule has 2 unspecified atom stereocenters. The molecule has 0 amide bonds. The molecule has 0 bridgehead atoms. The minimum Gasteiger partial charge on any atom is -0.464 e. The van der Waals surface area contributed by atoms with Gasteiger partial charge in [-0.05, 0) is 59.0 Å². The van der Waals surface area contributed by atoms with E-state index in [-0.39, 0.29) is 24.3 Å². The summed E-state index contributed by atoms with van der Waals surface area (Å²) in [5.41, 5.74) is -0.453. The monoisotopic (exact) mass is 462 g/mol. The summed E-state index contributed by atoms with van der Waals surface area (Å²) in [6.45, 7) is 12.9. The molecule has 0 aromatic heterocycles. The van der Waals surface area contributed by atoms with Crippen LogP contribution in [0.25, 0.3) is 0 Å². The second-order valence-electron chi connectivity index (χ2n) is 9.81. The average molecular weight is 463 g/mol. The van der Waals surface area contributed by atoms with Crippen molar-refractivity contribution in [2.75, 3.05) is 52.1 Å². The van der Waals surface area contributed by atoms with Crippen molar-refractivity contribution in [2.24, 2.45) is 11.3 Å². The molecular formula is C22H43N2O4PS. The minimum atomic E-state index is -2.80. The number of carbonyl (C=O) groups is 1. The summed E-state index contributed by atoms with van der Waals surface area (Å²) in [6.07, 6.45) is 3.81. The highest BCUT2D eigenvalue weighted by Crippen LogP contribution is 2.68. The van der Waals surface area contributed by atoms with Crippen LogP contribution in [0.1, 0.15) is 60.3 Å². The van der Waals surface area contributed by atoms with Crippen molar-refractivity contribution in [3.8, 4) is 0 Å². The standard InChI is InChI=1S/C22H43N2O4PS/c1-7-20(18(2)3)29(26,28-19-8-9-19)30-17-16-27-21(25)22(4,5)10-11-24-14-12-23(6)13-15-24/h18-20H,7-17H2,1-6H3. The van der Waals surface area contributed by atoms with Gasteiger partial charge in [-0.25, -0.2) is 0 Å². The van der Waals surface area contributed by atoms with E-state index in [0.717, 1.165) is 58.4 Å². The van der Waals surface area contributed by atoms with Crippen LogP contribution in [0.5, 0.6) is 0 Å². The second-order valence-corrected chi connectivity index (χ2v) is 14.7. The van der Waals surface area contributed by atoms with Gasteiger partial charge in [0.05, 0.1) is 11.5 Å². The predicted molar refractivity (Wildman–Crippen MR) is 126 cm³/mol. The Kier molecular flexibility index (Phi) is 10.2. The average Bonchev–Trinajstić information content (AvgIpc) is 3.48. The van der Waals surface area contributed by atoms with Crippen molar-refractivity contribution in [3.63, 3.8) is 0 Å². The zero-order chi connectivity index (χ0) is 22.4. The van der Waals surface area contributed by atoms with Gasteiger partial charge in [-0.2, -0.15) is 0 Å². The van der Waals surface area contributed by atoms with Gasteiger partial charge in [-0.1, -0.05) is 32.2 Å². The fraction of sp³-hybridized carbons (Fsp3) is 0.955. The normalized spacial score (nSPS) is 22.1. The molecule has 2 aliphatic rings. The van der Waals surface area contributed by atoms with Gasteiger partial charge >= 0.3 is 5.97 Å². The molecule has 2 rings (SSSR count). The molecule has 2 atom stereocenters. The van der Waals surface area contributed by atoms with Crippen molar-refractivity contribution in [3.05, 3.63) is 0 Å². The number of hydrogen-bond acceptors (Lipinski definition) is 7. The van der Waals surface area contributed by atoms with Crippen LogP contribution in [0.4, 0.5) is 0 Å². The summed E-state index contributed by atoms with van der Waals surface area (Å²) in [7, 11) is 2.15. The maximum absolute atomic E-state index is 13.6. The number of esters is 1. The maximum atomic E-state index is 13.6. The quantitative estimate of drug-likeness (QED) is 0.223. The van der Waals surface area contributed by atoms with Crippen LogP contribution in [0.15, 0.2) is 0 Å². The van der Waals surface area contributed by atoms with Crippen LogP contribution in [-0.4, -0.2) is 79.7 Å². The Balaban J connectivity index is 1.76. The molecule has 1 aliphatic carbocycles. The number of hydrogen-bond donors (Lipinski definition) is 0. The molecule has 176 valence electrons. The van der Waals surface area contributed by atoms with E-state index in [0.29, 0.717) is 11.7 Å². The third-order valence-corrected chi connectivity index (χ3v) is 12.0. The number of nitrogens with zero attached hydrogens (tertiary/aromatic N) is 2. The smallest absolute Gasteiger partial charge is 0.311 e. The lowest BCUT2D eigenvalue weighted by molar-refractivity contribution is -0.153.